The molecule has 2 rings (SSSR count). The molecule has 84 valence electrons. The molecule has 1 aromatic carbocycles. The molecule has 0 aliphatic carbocycles. The highest BCUT2D eigenvalue weighted by molar-refractivity contribution is 6.18. The Kier molecular flexibility index (Phi) is 3.05. The van der Waals surface area contributed by atoms with E-state index in [9.17, 15) is 10.1 Å². The lowest BCUT2D eigenvalue weighted by atomic mass is 10.1. The molecule has 1 aromatic rings. The molecule has 1 heterocycles. The average Bonchev–Trinajstić information content (AvgIpc) is 2.77. The molecule has 1 aliphatic rings. The highest BCUT2D eigenvalue weighted by Crippen LogP contribution is 2.19. The zero-order valence-corrected chi connectivity index (χ0v) is 9.05. The van der Waals surface area contributed by atoms with E-state index in [1.165, 1.54) is 12.1 Å². The van der Waals surface area contributed by atoms with Crippen molar-refractivity contribution >= 4 is 23.0 Å². The maximum atomic E-state index is 10.5. The van der Waals surface area contributed by atoms with Crippen LogP contribution in [0, 0.1) is 10.1 Å². The maximum absolute atomic E-state index is 10.5. The molecule has 0 saturated heterocycles. The number of halogens is 1. The van der Waals surface area contributed by atoms with Gasteiger partial charge in [0.1, 0.15) is 6.10 Å². The van der Waals surface area contributed by atoms with Crippen molar-refractivity contribution in [1.82, 2.24) is 0 Å². The van der Waals surface area contributed by atoms with Gasteiger partial charge in [-0.2, -0.15) is 0 Å². The van der Waals surface area contributed by atoms with Crippen molar-refractivity contribution in [1.29, 1.82) is 0 Å². The van der Waals surface area contributed by atoms with Gasteiger partial charge in [-0.05, 0) is 17.7 Å². The van der Waals surface area contributed by atoms with E-state index in [1.54, 1.807) is 12.1 Å². The van der Waals surface area contributed by atoms with Crippen molar-refractivity contribution in [2.45, 2.75) is 12.5 Å². The molecular formula is C10H9ClN2O3. The van der Waals surface area contributed by atoms with Crippen LogP contribution in [0.2, 0.25) is 0 Å². The molecule has 0 fully saturated rings. The van der Waals surface area contributed by atoms with Crippen molar-refractivity contribution in [3.63, 3.8) is 0 Å². The fourth-order valence-corrected chi connectivity index (χ4v) is 1.62. The van der Waals surface area contributed by atoms with Gasteiger partial charge in [-0.15, -0.1) is 11.6 Å². The predicted molar refractivity (Wildman–Crippen MR) is 59.8 cm³/mol. The Hall–Kier alpha value is -1.62. The van der Waals surface area contributed by atoms with Crippen LogP contribution in [0.4, 0.5) is 5.69 Å². The largest absolute Gasteiger partial charge is 0.391 e. The predicted octanol–water partition coefficient (Wildman–Crippen LogP) is 2.33. The van der Waals surface area contributed by atoms with Gasteiger partial charge in [-0.25, -0.2) is 0 Å². The van der Waals surface area contributed by atoms with Gasteiger partial charge in [0.2, 0.25) is 0 Å². The molecule has 6 heteroatoms. The Morgan fingerprint density at radius 3 is 2.69 bits per heavy atom. The van der Waals surface area contributed by atoms with Crippen molar-refractivity contribution in [3.05, 3.63) is 39.9 Å². The standard InChI is InChI=1S/C10H9ClN2O3/c11-6-9-5-10(12-16-9)7-1-3-8(4-2-7)13(14)15/h1-4,9H,5-6H2/t9-/m1/s1. The zero-order valence-electron chi connectivity index (χ0n) is 8.30. The summed E-state index contributed by atoms with van der Waals surface area (Å²) >= 11 is 5.64. The molecule has 0 radical (unpaired) electrons. The van der Waals surface area contributed by atoms with Crippen LogP contribution in [0.15, 0.2) is 29.4 Å². The van der Waals surface area contributed by atoms with Crippen LogP contribution in [0.5, 0.6) is 0 Å². The van der Waals surface area contributed by atoms with E-state index in [2.05, 4.69) is 5.16 Å². The molecule has 1 aliphatic heterocycles. The van der Waals surface area contributed by atoms with Crippen LogP contribution in [0.25, 0.3) is 0 Å². The van der Waals surface area contributed by atoms with Gasteiger partial charge in [0.15, 0.2) is 0 Å². The number of rotatable bonds is 3. The molecule has 5 nitrogen and oxygen atoms in total. The summed E-state index contributed by atoms with van der Waals surface area (Å²) in [6.45, 7) is 0. The summed E-state index contributed by atoms with van der Waals surface area (Å²) in [5, 5.41) is 14.4. The van der Waals surface area contributed by atoms with E-state index in [4.69, 9.17) is 16.4 Å². The molecule has 0 spiro atoms. The van der Waals surface area contributed by atoms with Crippen molar-refractivity contribution in [3.8, 4) is 0 Å². The normalized spacial score (nSPS) is 19.1. The molecule has 1 atom stereocenters. The minimum Gasteiger partial charge on any atom is -0.391 e. The topological polar surface area (TPSA) is 64.7 Å². The Balaban J connectivity index is 2.14. The molecule has 0 saturated carbocycles. The smallest absolute Gasteiger partial charge is 0.269 e. The second-order valence-electron chi connectivity index (χ2n) is 3.43. The highest BCUT2D eigenvalue weighted by atomic mass is 35.5. The summed E-state index contributed by atoms with van der Waals surface area (Å²) in [6, 6.07) is 6.23. The first-order chi connectivity index (χ1) is 7.70. The van der Waals surface area contributed by atoms with Gasteiger partial charge in [-0.3, -0.25) is 10.1 Å². The maximum Gasteiger partial charge on any atom is 0.269 e. The van der Waals surface area contributed by atoms with E-state index in [-0.39, 0.29) is 11.8 Å². The Labute approximate surface area is 96.8 Å². The quantitative estimate of drug-likeness (QED) is 0.463. The minimum atomic E-state index is -0.432. The SMILES string of the molecule is O=[N+]([O-])c1ccc(C2=NO[C@@H](CCl)C2)cc1. The number of alkyl halides is 1. The van der Waals surface area contributed by atoms with E-state index < -0.39 is 4.92 Å². The molecule has 0 amide bonds. The average molecular weight is 241 g/mol. The Bertz CT molecular complexity index is 430. The zero-order chi connectivity index (χ0) is 11.5. The van der Waals surface area contributed by atoms with Gasteiger partial charge in [0.25, 0.3) is 5.69 Å². The lowest BCUT2D eigenvalue weighted by molar-refractivity contribution is -0.384. The lowest BCUT2D eigenvalue weighted by Crippen LogP contribution is -2.09. The third-order valence-corrected chi connectivity index (χ3v) is 2.66. The third kappa shape index (κ3) is 2.14. The van der Waals surface area contributed by atoms with E-state index in [0.717, 1.165) is 11.3 Å². The van der Waals surface area contributed by atoms with Gasteiger partial charge in [0, 0.05) is 18.6 Å². The van der Waals surface area contributed by atoms with Crippen LogP contribution in [-0.2, 0) is 4.84 Å². The van der Waals surface area contributed by atoms with Gasteiger partial charge < -0.3 is 4.84 Å². The van der Waals surface area contributed by atoms with Crippen LogP contribution in [0.3, 0.4) is 0 Å². The van der Waals surface area contributed by atoms with Crippen LogP contribution < -0.4 is 0 Å². The number of hydrogen-bond acceptors (Lipinski definition) is 4. The second-order valence-corrected chi connectivity index (χ2v) is 3.74. The number of nitro benzene ring substituents is 1. The minimum absolute atomic E-state index is 0.0668. The van der Waals surface area contributed by atoms with Gasteiger partial charge in [-0.1, -0.05) is 5.16 Å². The van der Waals surface area contributed by atoms with Crippen LogP contribution in [-0.4, -0.2) is 22.6 Å². The summed E-state index contributed by atoms with van der Waals surface area (Å²) in [5.41, 5.74) is 1.68. The number of oxime groups is 1. The summed E-state index contributed by atoms with van der Waals surface area (Å²) in [7, 11) is 0. The molecule has 0 aromatic heterocycles. The van der Waals surface area contributed by atoms with E-state index in [1.807, 2.05) is 0 Å². The van der Waals surface area contributed by atoms with E-state index >= 15 is 0 Å². The fourth-order valence-electron chi connectivity index (χ4n) is 1.46. The first kappa shape index (κ1) is 10.9. The first-order valence-corrected chi connectivity index (χ1v) is 5.27. The lowest BCUT2D eigenvalue weighted by Gasteiger charge is -2.00. The fraction of sp³-hybridized carbons (Fsp3) is 0.300. The van der Waals surface area contributed by atoms with Crippen LogP contribution in [0.1, 0.15) is 12.0 Å². The molecular weight excluding hydrogens is 232 g/mol. The van der Waals surface area contributed by atoms with Crippen LogP contribution >= 0.6 is 11.6 Å². The highest BCUT2D eigenvalue weighted by Gasteiger charge is 2.21. The van der Waals surface area contributed by atoms with Crippen molar-refractivity contribution in [2.75, 3.05) is 5.88 Å². The number of hydrogen-bond donors (Lipinski definition) is 0. The summed E-state index contributed by atoms with van der Waals surface area (Å²) in [4.78, 5) is 15.1. The third-order valence-electron chi connectivity index (χ3n) is 2.32. The number of non-ortho nitro benzene ring substituents is 1. The molecule has 16 heavy (non-hydrogen) atoms. The molecule has 0 bridgehead atoms. The number of nitro groups is 1. The second kappa shape index (κ2) is 4.49. The van der Waals surface area contributed by atoms with Gasteiger partial charge >= 0.3 is 0 Å². The Morgan fingerprint density at radius 2 is 2.19 bits per heavy atom. The van der Waals surface area contributed by atoms with Crippen molar-refractivity contribution in [2.24, 2.45) is 5.16 Å². The monoisotopic (exact) mass is 240 g/mol. The summed E-state index contributed by atoms with van der Waals surface area (Å²) in [6.07, 6.45) is 0.549. The molecule has 0 N–H and O–H groups in total. The number of benzene rings is 1. The van der Waals surface area contributed by atoms with E-state index in [0.29, 0.717) is 12.3 Å². The summed E-state index contributed by atoms with van der Waals surface area (Å²) in [5.74, 6) is 0.389. The first-order valence-electron chi connectivity index (χ1n) is 4.74. The Morgan fingerprint density at radius 1 is 1.50 bits per heavy atom. The number of nitrogens with zero attached hydrogens (tertiary/aromatic N) is 2. The summed E-state index contributed by atoms with van der Waals surface area (Å²) < 4.78 is 0. The van der Waals surface area contributed by atoms with Gasteiger partial charge in [0.05, 0.1) is 16.5 Å². The molecule has 0 unspecified atom stereocenters. The van der Waals surface area contributed by atoms with Crippen molar-refractivity contribution < 1.29 is 9.76 Å².